The van der Waals surface area contributed by atoms with Gasteiger partial charge in [0.1, 0.15) is 11.6 Å². The molecule has 7 heteroatoms. The molecule has 1 aliphatic heterocycles. The second-order valence-corrected chi connectivity index (χ2v) is 7.33. The first-order chi connectivity index (χ1) is 13.7. The van der Waals surface area contributed by atoms with Gasteiger partial charge in [-0.2, -0.15) is 5.10 Å². The lowest BCUT2D eigenvalue weighted by atomic mass is 10.2. The number of ether oxygens (including phenoxy) is 1. The van der Waals surface area contributed by atoms with Crippen LogP contribution in [0.2, 0.25) is 0 Å². The van der Waals surface area contributed by atoms with Crippen LogP contribution < -0.4 is 4.80 Å². The molecule has 1 atom stereocenters. The van der Waals surface area contributed by atoms with Crippen LogP contribution in [0.5, 0.6) is 0 Å². The molecule has 0 amide bonds. The van der Waals surface area contributed by atoms with E-state index in [1.54, 1.807) is 35.2 Å². The summed E-state index contributed by atoms with van der Waals surface area (Å²) in [5.74, 6) is -0.613. The van der Waals surface area contributed by atoms with Crippen molar-refractivity contribution in [3.8, 4) is 11.3 Å². The zero-order valence-corrected chi connectivity index (χ0v) is 15.9. The van der Waals surface area contributed by atoms with Gasteiger partial charge in [0.05, 0.1) is 24.6 Å². The van der Waals surface area contributed by atoms with Crippen molar-refractivity contribution in [2.24, 2.45) is 10.1 Å². The zero-order chi connectivity index (χ0) is 19.3. The number of nitrogens with zero attached hydrogens (tertiary/aromatic N) is 3. The summed E-state index contributed by atoms with van der Waals surface area (Å²) in [6.45, 7) is 1.35. The second-order valence-electron chi connectivity index (χ2n) is 6.50. The van der Waals surface area contributed by atoms with Crippen LogP contribution in [0.1, 0.15) is 18.4 Å². The van der Waals surface area contributed by atoms with Crippen LogP contribution in [0.25, 0.3) is 11.3 Å². The van der Waals surface area contributed by atoms with Crippen molar-refractivity contribution >= 4 is 17.6 Å². The fourth-order valence-electron chi connectivity index (χ4n) is 3.02. The molecule has 28 heavy (non-hydrogen) atoms. The van der Waals surface area contributed by atoms with Gasteiger partial charge >= 0.3 is 0 Å². The maximum Gasteiger partial charge on any atom is 0.206 e. The highest BCUT2D eigenvalue weighted by Crippen LogP contribution is 2.21. The van der Waals surface area contributed by atoms with Crippen molar-refractivity contribution in [2.45, 2.75) is 18.9 Å². The summed E-state index contributed by atoms with van der Waals surface area (Å²) >= 11 is 1.46. The molecule has 0 saturated carbocycles. The van der Waals surface area contributed by atoms with Gasteiger partial charge in [-0.25, -0.2) is 13.5 Å². The topological polar surface area (TPSA) is 38.9 Å². The predicted molar refractivity (Wildman–Crippen MR) is 106 cm³/mol. The van der Waals surface area contributed by atoms with Crippen LogP contribution in [-0.2, 0) is 4.74 Å². The Labute approximate surface area is 165 Å². The van der Waals surface area contributed by atoms with E-state index in [0.717, 1.165) is 30.7 Å². The van der Waals surface area contributed by atoms with E-state index in [2.05, 4.69) is 10.1 Å². The first kappa shape index (κ1) is 18.7. The Bertz CT molecular complexity index is 1030. The number of rotatable bonds is 5. The van der Waals surface area contributed by atoms with E-state index in [4.69, 9.17) is 4.74 Å². The number of halogens is 2. The van der Waals surface area contributed by atoms with Crippen molar-refractivity contribution < 1.29 is 13.5 Å². The Morgan fingerprint density at radius 3 is 2.75 bits per heavy atom. The molecule has 2 heterocycles. The summed E-state index contributed by atoms with van der Waals surface area (Å²) in [6, 6.07) is 12.5. The summed E-state index contributed by atoms with van der Waals surface area (Å²) in [4.78, 5) is 5.39. The number of benzene rings is 2. The predicted octanol–water partition coefficient (Wildman–Crippen LogP) is 4.46. The summed E-state index contributed by atoms with van der Waals surface area (Å²) in [6.07, 6.45) is 3.79. The Morgan fingerprint density at radius 2 is 2.00 bits per heavy atom. The normalized spacial score (nSPS) is 17.6. The summed E-state index contributed by atoms with van der Waals surface area (Å²) < 4.78 is 34.1. The molecule has 0 radical (unpaired) electrons. The highest BCUT2D eigenvalue weighted by molar-refractivity contribution is 7.07. The van der Waals surface area contributed by atoms with Gasteiger partial charge in [0, 0.05) is 17.6 Å². The average Bonchev–Trinajstić information content (AvgIpc) is 3.35. The van der Waals surface area contributed by atoms with Crippen molar-refractivity contribution in [1.29, 1.82) is 0 Å². The van der Waals surface area contributed by atoms with Gasteiger partial charge in [-0.1, -0.05) is 12.1 Å². The first-order valence-electron chi connectivity index (χ1n) is 9.07. The Kier molecular flexibility index (Phi) is 5.73. The third kappa shape index (κ3) is 4.43. The maximum absolute atomic E-state index is 13.5. The molecule has 3 aromatic rings. The lowest BCUT2D eigenvalue weighted by Crippen LogP contribution is -2.17. The van der Waals surface area contributed by atoms with Crippen LogP contribution in [0.3, 0.4) is 0 Å². The quantitative estimate of drug-likeness (QED) is 0.584. The van der Waals surface area contributed by atoms with Crippen LogP contribution >= 0.6 is 11.3 Å². The van der Waals surface area contributed by atoms with Gasteiger partial charge in [-0.15, -0.1) is 11.3 Å². The van der Waals surface area contributed by atoms with E-state index >= 15 is 0 Å². The fraction of sp³-hybridized carbons (Fsp3) is 0.238. The average molecular weight is 399 g/mol. The van der Waals surface area contributed by atoms with Crippen LogP contribution in [-0.4, -0.2) is 30.1 Å². The molecule has 0 spiro atoms. The van der Waals surface area contributed by atoms with E-state index < -0.39 is 0 Å². The minimum atomic E-state index is -0.318. The number of hydrogen-bond donors (Lipinski definition) is 0. The van der Waals surface area contributed by atoms with Gasteiger partial charge in [-0.3, -0.25) is 4.99 Å². The van der Waals surface area contributed by atoms with Gasteiger partial charge in [0.25, 0.3) is 0 Å². The maximum atomic E-state index is 13.5. The molecule has 0 N–H and O–H groups in total. The number of hydrogen-bond acceptors (Lipinski definition) is 4. The smallest absolute Gasteiger partial charge is 0.206 e. The van der Waals surface area contributed by atoms with Crippen molar-refractivity contribution in [1.82, 2.24) is 4.68 Å². The molecule has 0 bridgehead atoms. The molecule has 1 saturated heterocycles. The zero-order valence-electron chi connectivity index (χ0n) is 15.1. The third-order valence-electron chi connectivity index (χ3n) is 4.45. The molecule has 2 aromatic carbocycles. The minimum Gasteiger partial charge on any atom is -0.376 e. The molecule has 4 rings (SSSR count). The molecular formula is C21H19F2N3OS. The molecule has 4 nitrogen and oxygen atoms in total. The van der Waals surface area contributed by atoms with Crippen LogP contribution in [0, 0.1) is 11.6 Å². The number of aromatic nitrogens is 1. The van der Waals surface area contributed by atoms with Crippen LogP contribution in [0.4, 0.5) is 8.78 Å². The molecular weight excluding hydrogens is 380 g/mol. The molecule has 1 aliphatic rings. The molecule has 0 unspecified atom stereocenters. The molecule has 1 fully saturated rings. The van der Waals surface area contributed by atoms with Gasteiger partial charge < -0.3 is 4.74 Å². The standard InChI is InChI=1S/C21H19F2N3OS/c22-17-8-6-16(7-9-17)20-14-28-21(24-13-19-5-2-10-27-19)26(20)25-12-15-3-1-4-18(23)11-15/h1,3-4,6-9,11-12,14,19H,2,5,10,13H2/b24-21?,25-12-/t19-/m1/s1. The number of thiazole rings is 1. The van der Waals surface area contributed by atoms with E-state index in [0.29, 0.717) is 16.9 Å². The second kappa shape index (κ2) is 8.58. The Balaban J connectivity index is 1.71. The van der Waals surface area contributed by atoms with Crippen molar-refractivity contribution in [3.05, 3.63) is 75.9 Å². The fourth-order valence-corrected chi connectivity index (χ4v) is 3.87. The lowest BCUT2D eigenvalue weighted by Gasteiger charge is -2.06. The summed E-state index contributed by atoms with van der Waals surface area (Å²) in [7, 11) is 0. The largest absolute Gasteiger partial charge is 0.376 e. The SMILES string of the molecule is Fc1ccc(-c2csc(=NC[C@H]3CCCO3)n2/N=C\c2cccc(F)c2)cc1. The van der Waals surface area contributed by atoms with Crippen LogP contribution in [0.15, 0.2) is 64.0 Å². The molecule has 1 aromatic heterocycles. The van der Waals surface area contributed by atoms with Crippen molar-refractivity contribution in [2.75, 3.05) is 13.2 Å². The van der Waals surface area contributed by atoms with Gasteiger partial charge in [0.2, 0.25) is 4.80 Å². The molecule has 0 aliphatic carbocycles. The summed E-state index contributed by atoms with van der Waals surface area (Å²) in [5, 5.41) is 6.46. The minimum absolute atomic E-state index is 0.136. The first-order valence-corrected chi connectivity index (χ1v) is 9.95. The van der Waals surface area contributed by atoms with Crippen molar-refractivity contribution in [3.63, 3.8) is 0 Å². The van der Waals surface area contributed by atoms with E-state index in [9.17, 15) is 8.78 Å². The van der Waals surface area contributed by atoms with Gasteiger partial charge in [-0.05, 0) is 54.8 Å². The lowest BCUT2D eigenvalue weighted by molar-refractivity contribution is 0.117. The Hall–Kier alpha value is -2.64. The van der Waals surface area contributed by atoms with E-state index in [1.165, 1.54) is 35.6 Å². The van der Waals surface area contributed by atoms with E-state index in [1.807, 2.05) is 5.38 Å². The van der Waals surface area contributed by atoms with E-state index in [-0.39, 0.29) is 17.7 Å². The highest BCUT2D eigenvalue weighted by atomic mass is 32.1. The van der Waals surface area contributed by atoms with Gasteiger partial charge in [0.15, 0.2) is 0 Å². The highest BCUT2D eigenvalue weighted by Gasteiger charge is 2.15. The molecule has 144 valence electrons. The monoisotopic (exact) mass is 399 g/mol. The third-order valence-corrected chi connectivity index (χ3v) is 5.30. The summed E-state index contributed by atoms with van der Waals surface area (Å²) in [5.41, 5.74) is 2.27. The Morgan fingerprint density at radius 1 is 1.14 bits per heavy atom.